The number of aromatic amines is 1. The standard InChI is InChI=1S/C23H21ClN6O4S/c1-3-29-21(32)28-20(30(23(29)33)12-14-4-6-15(24)7-5-14)26-16-8-10-17(11-9-16)34-22-27-18(19(25)31)13(2)35-22/h4-11H,3,12H2,1-2H3,(H2,25,31)(H,26,28,32). The van der Waals surface area contributed by atoms with Crippen molar-refractivity contribution in [3.63, 3.8) is 0 Å². The van der Waals surface area contributed by atoms with E-state index in [1.165, 1.54) is 15.9 Å². The number of thiazole rings is 1. The number of amides is 1. The Morgan fingerprint density at radius 3 is 2.43 bits per heavy atom. The maximum atomic E-state index is 13.0. The van der Waals surface area contributed by atoms with Crippen molar-refractivity contribution in [1.82, 2.24) is 19.1 Å². The number of nitrogens with zero attached hydrogens (tertiary/aromatic N) is 4. The molecular formula is C23H21ClN6O4S. The van der Waals surface area contributed by atoms with E-state index in [1.807, 2.05) is 0 Å². The van der Waals surface area contributed by atoms with Crippen molar-refractivity contribution in [1.29, 1.82) is 0 Å². The van der Waals surface area contributed by atoms with Gasteiger partial charge in [-0.3, -0.25) is 14.3 Å². The number of ether oxygens (including phenoxy) is 1. The van der Waals surface area contributed by atoms with Crippen LogP contribution in [0, 0.1) is 6.92 Å². The molecule has 12 heteroatoms. The van der Waals surface area contributed by atoms with Gasteiger partial charge in [0.15, 0.2) is 0 Å². The molecule has 0 bridgehead atoms. The number of carbonyl (C=O) groups excluding carboxylic acids is 1. The fourth-order valence-electron chi connectivity index (χ4n) is 3.29. The van der Waals surface area contributed by atoms with Crippen LogP contribution < -0.4 is 27.5 Å². The molecule has 0 aliphatic heterocycles. The number of nitrogens with one attached hydrogen (secondary N) is 1. The third kappa shape index (κ3) is 5.42. The number of primary amides is 1. The normalized spacial score (nSPS) is 11.6. The van der Waals surface area contributed by atoms with Gasteiger partial charge in [0.25, 0.3) is 11.1 Å². The average Bonchev–Trinajstić information content (AvgIpc) is 3.19. The highest BCUT2D eigenvalue weighted by Crippen LogP contribution is 2.29. The monoisotopic (exact) mass is 512 g/mol. The molecule has 0 aliphatic carbocycles. The van der Waals surface area contributed by atoms with Crippen LogP contribution >= 0.6 is 22.9 Å². The molecule has 0 saturated carbocycles. The molecule has 0 atom stereocenters. The Morgan fingerprint density at radius 1 is 1.14 bits per heavy atom. The lowest BCUT2D eigenvalue weighted by Gasteiger charge is -2.10. The topological polar surface area (TPSA) is 137 Å². The van der Waals surface area contributed by atoms with Crippen LogP contribution in [-0.4, -0.2) is 25.0 Å². The largest absolute Gasteiger partial charge is 0.431 e. The first-order valence-electron chi connectivity index (χ1n) is 10.5. The molecule has 0 spiro atoms. The summed E-state index contributed by atoms with van der Waals surface area (Å²) in [6, 6.07) is 13.7. The van der Waals surface area contributed by atoms with Crippen molar-refractivity contribution < 1.29 is 9.53 Å². The first-order valence-corrected chi connectivity index (χ1v) is 11.7. The molecule has 3 N–H and O–H groups in total. The van der Waals surface area contributed by atoms with Gasteiger partial charge in [0.05, 0.1) is 12.2 Å². The predicted molar refractivity (Wildman–Crippen MR) is 133 cm³/mol. The summed E-state index contributed by atoms with van der Waals surface area (Å²) in [5, 5.41) is 0.867. The van der Waals surface area contributed by atoms with E-state index < -0.39 is 17.3 Å². The number of aryl methyl sites for hydroxylation is 1. The van der Waals surface area contributed by atoms with Gasteiger partial charge in [-0.2, -0.15) is 4.98 Å². The second-order valence-electron chi connectivity index (χ2n) is 7.45. The van der Waals surface area contributed by atoms with Crippen molar-refractivity contribution in [2.24, 2.45) is 10.7 Å². The van der Waals surface area contributed by atoms with Crippen LogP contribution in [0.4, 0.5) is 5.69 Å². The minimum atomic E-state index is -0.617. The number of rotatable bonds is 7. The van der Waals surface area contributed by atoms with Crippen LogP contribution in [-0.2, 0) is 13.1 Å². The van der Waals surface area contributed by atoms with E-state index in [0.29, 0.717) is 21.3 Å². The first kappa shape index (κ1) is 24.2. The summed E-state index contributed by atoms with van der Waals surface area (Å²) >= 11 is 7.18. The summed E-state index contributed by atoms with van der Waals surface area (Å²) in [6.45, 7) is 3.86. The molecule has 2 aromatic heterocycles. The summed E-state index contributed by atoms with van der Waals surface area (Å²) in [7, 11) is 0. The Balaban J connectivity index is 1.68. The van der Waals surface area contributed by atoms with Crippen LogP contribution in [0.2, 0.25) is 5.02 Å². The summed E-state index contributed by atoms with van der Waals surface area (Å²) in [5.41, 5.74) is 5.86. The highest BCUT2D eigenvalue weighted by molar-refractivity contribution is 7.13. The second kappa shape index (κ2) is 10.1. The Kier molecular flexibility index (Phi) is 6.99. The number of hydrogen-bond acceptors (Lipinski definition) is 7. The zero-order valence-corrected chi connectivity index (χ0v) is 20.4. The highest BCUT2D eigenvalue weighted by Gasteiger charge is 2.14. The molecule has 10 nitrogen and oxygen atoms in total. The van der Waals surface area contributed by atoms with Crippen LogP contribution in [0.3, 0.4) is 0 Å². The van der Waals surface area contributed by atoms with Crippen LogP contribution in [0.25, 0.3) is 0 Å². The third-order valence-electron chi connectivity index (χ3n) is 5.04. The number of aromatic nitrogens is 4. The van der Waals surface area contributed by atoms with Crippen molar-refractivity contribution in [3.05, 3.63) is 96.3 Å². The molecule has 0 aliphatic rings. The molecule has 0 fully saturated rings. The van der Waals surface area contributed by atoms with E-state index in [9.17, 15) is 14.4 Å². The lowest BCUT2D eigenvalue weighted by Crippen LogP contribution is -2.49. The molecule has 180 valence electrons. The molecule has 4 rings (SSSR count). The van der Waals surface area contributed by atoms with Crippen molar-refractivity contribution in [2.75, 3.05) is 0 Å². The van der Waals surface area contributed by atoms with E-state index >= 15 is 0 Å². The number of H-pyrrole nitrogens is 1. The lowest BCUT2D eigenvalue weighted by molar-refractivity contribution is 0.0995. The van der Waals surface area contributed by atoms with Gasteiger partial charge >= 0.3 is 11.4 Å². The Morgan fingerprint density at radius 2 is 1.83 bits per heavy atom. The van der Waals surface area contributed by atoms with E-state index in [2.05, 4.69) is 15.0 Å². The SMILES string of the molecule is CCn1c(=O)[nH]/c(=N\c2ccc(Oc3nc(C(N)=O)c(C)s3)cc2)n(Cc2ccc(Cl)cc2)c1=O. The van der Waals surface area contributed by atoms with Gasteiger partial charge in [-0.25, -0.2) is 19.1 Å². The number of halogens is 1. The highest BCUT2D eigenvalue weighted by atomic mass is 35.5. The summed E-state index contributed by atoms with van der Waals surface area (Å²) in [5.74, 6) is -0.147. The second-order valence-corrected chi connectivity index (χ2v) is 9.05. The molecule has 0 radical (unpaired) electrons. The number of carbonyl (C=O) groups is 1. The number of hydrogen-bond donors (Lipinski definition) is 2. The molecule has 35 heavy (non-hydrogen) atoms. The van der Waals surface area contributed by atoms with Crippen LogP contribution in [0.15, 0.2) is 63.1 Å². The van der Waals surface area contributed by atoms with Gasteiger partial charge < -0.3 is 10.5 Å². The minimum Gasteiger partial charge on any atom is -0.431 e. The van der Waals surface area contributed by atoms with Crippen molar-refractivity contribution in [3.8, 4) is 10.9 Å². The molecule has 2 aromatic carbocycles. The van der Waals surface area contributed by atoms with Gasteiger partial charge in [0.2, 0.25) is 5.62 Å². The van der Waals surface area contributed by atoms with Crippen molar-refractivity contribution in [2.45, 2.75) is 26.9 Å². The van der Waals surface area contributed by atoms with Gasteiger partial charge in [-0.1, -0.05) is 35.1 Å². The third-order valence-corrected chi connectivity index (χ3v) is 6.14. The average molecular weight is 513 g/mol. The lowest BCUT2D eigenvalue weighted by atomic mass is 10.2. The molecule has 1 amide bonds. The summed E-state index contributed by atoms with van der Waals surface area (Å²) < 4.78 is 8.20. The Bertz CT molecular complexity index is 1570. The summed E-state index contributed by atoms with van der Waals surface area (Å²) in [6.07, 6.45) is 0. The smallest absolute Gasteiger partial charge is 0.335 e. The fraction of sp³-hybridized carbons (Fsp3) is 0.174. The van der Waals surface area contributed by atoms with Gasteiger partial charge in [0, 0.05) is 16.4 Å². The Labute approximate surface area is 208 Å². The van der Waals surface area contributed by atoms with Crippen LogP contribution in [0.1, 0.15) is 27.9 Å². The molecule has 0 unspecified atom stereocenters. The first-order chi connectivity index (χ1) is 16.7. The Hall–Kier alpha value is -3.96. The van der Waals surface area contributed by atoms with E-state index in [0.717, 1.165) is 10.1 Å². The molecule has 0 saturated heterocycles. The number of benzene rings is 2. The van der Waals surface area contributed by atoms with Gasteiger partial charge in [-0.15, -0.1) is 0 Å². The van der Waals surface area contributed by atoms with E-state index in [1.54, 1.807) is 62.4 Å². The molecule has 4 aromatic rings. The predicted octanol–water partition coefficient (Wildman–Crippen LogP) is 2.95. The maximum Gasteiger partial charge on any atom is 0.335 e. The van der Waals surface area contributed by atoms with E-state index in [4.69, 9.17) is 22.1 Å². The number of nitrogens with two attached hydrogens (primary N) is 1. The zero-order chi connectivity index (χ0) is 25.1. The minimum absolute atomic E-state index is 0.106. The van der Waals surface area contributed by atoms with Gasteiger partial charge in [-0.05, 0) is 55.8 Å². The van der Waals surface area contributed by atoms with Crippen molar-refractivity contribution >= 4 is 34.5 Å². The fourth-order valence-corrected chi connectivity index (χ4v) is 4.20. The van der Waals surface area contributed by atoms with Gasteiger partial charge in [0.1, 0.15) is 11.4 Å². The molecular weight excluding hydrogens is 492 g/mol. The van der Waals surface area contributed by atoms with E-state index in [-0.39, 0.29) is 29.6 Å². The zero-order valence-electron chi connectivity index (χ0n) is 18.8. The van der Waals surface area contributed by atoms with Crippen LogP contribution in [0.5, 0.6) is 10.9 Å². The maximum absolute atomic E-state index is 13.0. The molecule has 2 heterocycles. The summed E-state index contributed by atoms with van der Waals surface area (Å²) in [4.78, 5) is 48.7. The quantitative estimate of drug-likeness (QED) is 0.392.